The van der Waals surface area contributed by atoms with Crippen molar-refractivity contribution in [2.75, 3.05) is 11.9 Å². The normalized spacial score (nSPS) is 17.1. The van der Waals surface area contributed by atoms with Gasteiger partial charge in [0, 0.05) is 18.4 Å². The number of amides is 1. The van der Waals surface area contributed by atoms with E-state index < -0.39 is 0 Å². The summed E-state index contributed by atoms with van der Waals surface area (Å²) in [4.78, 5) is 15.5. The molecule has 1 atom stereocenters. The van der Waals surface area contributed by atoms with Gasteiger partial charge in [0.25, 0.3) is 5.91 Å². The van der Waals surface area contributed by atoms with Crippen LogP contribution in [0.5, 0.6) is 0 Å². The number of carbonyl (C=O) groups excluding carboxylic acids is 1. The van der Waals surface area contributed by atoms with Gasteiger partial charge in [0.2, 0.25) is 0 Å². The highest BCUT2D eigenvalue weighted by Gasteiger charge is 2.16. The lowest BCUT2D eigenvalue weighted by Crippen LogP contribution is -2.15. The van der Waals surface area contributed by atoms with Crippen molar-refractivity contribution in [3.63, 3.8) is 0 Å². The quantitative estimate of drug-likeness (QED) is 0.883. The lowest BCUT2D eigenvalue weighted by atomic mass is 10.2. The van der Waals surface area contributed by atoms with E-state index in [-0.39, 0.29) is 12.0 Å². The zero-order valence-electron chi connectivity index (χ0n) is 12.0. The highest BCUT2D eigenvalue weighted by Crippen LogP contribution is 2.17. The summed E-state index contributed by atoms with van der Waals surface area (Å²) in [6, 6.07) is 6.62. The third kappa shape index (κ3) is 3.32. The zero-order valence-corrected chi connectivity index (χ0v) is 12.0. The Kier molecular flexibility index (Phi) is 4.17. The monoisotopic (exact) mass is 296 g/mol. The topological polar surface area (TPSA) is 60.5 Å². The molecule has 6 heteroatoms. The number of hydrogen-bond acceptors (Lipinski definition) is 3. The van der Waals surface area contributed by atoms with Crippen molar-refractivity contribution in [2.45, 2.75) is 25.5 Å². The minimum absolute atomic E-state index is 0.207. The summed E-state index contributed by atoms with van der Waals surface area (Å²) in [5.74, 6) is -0.248. The Morgan fingerprint density at radius 3 is 3.23 bits per heavy atom. The molecule has 22 heavy (non-hydrogen) atoms. The van der Waals surface area contributed by atoms with Crippen molar-refractivity contribution in [2.24, 2.45) is 0 Å². The van der Waals surface area contributed by atoms with Gasteiger partial charge in [-0.1, -0.05) is 18.2 Å². The molecule has 1 aromatic carbocycles. The third-order valence-electron chi connectivity index (χ3n) is 3.54. The van der Waals surface area contributed by atoms with Gasteiger partial charge >= 0.3 is 0 Å². The number of ether oxygens (including phenoxy) is 1. The van der Waals surface area contributed by atoms with Crippen LogP contribution in [0.15, 0.2) is 36.7 Å². The molecule has 1 fully saturated rings. The van der Waals surface area contributed by atoms with Gasteiger partial charge < -0.3 is 10.1 Å². The predicted molar refractivity (Wildman–Crippen MR) is 81.9 cm³/mol. The van der Waals surface area contributed by atoms with E-state index in [1.807, 2.05) is 0 Å². The zero-order chi connectivity index (χ0) is 15.4. The average molecular weight is 296 g/mol. The van der Waals surface area contributed by atoms with Crippen LogP contribution in [0.4, 0.5) is 11.4 Å². The van der Waals surface area contributed by atoms with Crippen LogP contribution >= 0.6 is 0 Å². The van der Waals surface area contributed by atoms with E-state index in [4.69, 9.17) is 11.3 Å². The van der Waals surface area contributed by atoms with Crippen LogP contribution < -0.4 is 5.32 Å². The number of nitrogens with one attached hydrogen (secondary N) is 1. The summed E-state index contributed by atoms with van der Waals surface area (Å²) < 4.78 is 7.34. The standard InChI is InChI=1S/C16H16N4O2/c1-17-13-5-2-4-12(8-13)16(21)19-14-9-18-20(10-14)11-15-6-3-7-22-15/h2,4-5,8-10,15H,3,6-7,11H2,(H,19,21). The number of rotatable bonds is 4. The predicted octanol–water partition coefficient (Wildman–Crippen LogP) is 2.87. The van der Waals surface area contributed by atoms with E-state index in [1.165, 1.54) is 0 Å². The lowest BCUT2D eigenvalue weighted by Gasteiger charge is -2.08. The Hall–Kier alpha value is -2.65. The smallest absolute Gasteiger partial charge is 0.254 e. The lowest BCUT2D eigenvalue weighted by molar-refractivity contribution is 0.0940. The molecule has 0 saturated carbocycles. The molecule has 1 amide bonds. The Bertz CT molecular complexity index is 711. The van der Waals surface area contributed by atoms with Gasteiger partial charge in [-0.05, 0) is 18.9 Å². The molecule has 0 spiro atoms. The molecule has 1 aliphatic heterocycles. The van der Waals surface area contributed by atoms with Crippen molar-refractivity contribution < 1.29 is 9.53 Å². The molecular weight excluding hydrogens is 280 g/mol. The second-order valence-electron chi connectivity index (χ2n) is 5.20. The van der Waals surface area contributed by atoms with Gasteiger partial charge in [0.15, 0.2) is 5.69 Å². The molecule has 1 unspecified atom stereocenters. The van der Waals surface area contributed by atoms with Crippen molar-refractivity contribution in [1.29, 1.82) is 0 Å². The van der Waals surface area contributed by atoms with Crippen LogP contribution in [0.2, 0.25) is 0 Å². The Balaban J connectivity index is 1.64. The van der Waals surface area contributed by atoms with Gasteiger partial charge in [-0.3, -0.25) is 9.48 Å². The van der Waals surface area contributed by atoms with Crippen LogP contribution in [0.3, 0.4) is 0 Å². The summed E-state index contributed by atoms with van der Waals surface area (Å²) >= 11 is 0. The maximum atomic E-state index is 12.2. The fourth-order valence-electron chi connectivity index (χ4n) is 2.44. The highest BCUT2D eigenvalue weighted by atomic mass is 16.5. The van der Waals surface area contributed by atoms with E-state index >= 15 is 0 Å². The van der Waals surface area contributed by atoms with E-state index in [0.717, 1.165) is 19.4 Å². The molecule has 6 nitrogen and oxygen atoms in total. The number of carbonyl (C=O) groups is 1. The third-order valence-corrected chi connectivity index (χ3v) is 3.54. The van der Waals surface area contributed by atoms with Crippen LogP contribution in [0, 0.1) is 6.57 Å². The van der Waals surface area contributed by atoms with Gasteiger partial charge in [0.1, 0.15) is 0 Å². The van der Waals surface area contributed by atoms with Crippen LogP contribution in [0.1, 0.15) is 23.2 Å². The average Bonchev–Trinajstić information content (AvgIpc) is 3.20. The second-order valence-corrected chi connectivity index (χ2v) is 5.20. The van der Waals surface area contributed by atoms with Gasteiger partial charge in [-0.25, -0.2) is 4.85 Å². The summed E-state index contributed by atoms with van der Waals surface area (Å²) in [5, 5.41) is 7.02. The first-order chi connectivity index (χ1) is 10.7. The maximum absolute atomic E-state index is 12.2. The highest BCUT2D eigenvalue weighted by molar-refractivity contribution is 6.04. The number of hydrogen-bond donors (Lipinski definition) is 1. The minimum Gasteiger partial charge on any atom is -0.376 e. The first-order valence-electron chi connectivity index (χ1n) is 7.17. The van der Waals surface area contributed by atoms with Crippen molar-refractivity contribution in [3.8, 4) is 0 Å². The number of anilines is 1. The van der Waals surface area contributed by atoms with Crippen molar-refractivity contribution >= 4 is 17.3 Å². The molecule has 0 bridgehead atoms. The first-order valence-corrected chi connectivity index (χ1v) is 7.17. The summed E-state index contributed by atoms with van der Waals surface area (Å²) in [6.45, 7) is 8.49. The first kappa shape index (κ1) is 14.3. The second kappa shape index (κ2) is 6.41. The number of nitrogens with zero attached hydrogens (tertiary/aromatic N) is 3. The molecule has 2 aromatic rings. The molecule has 1 N–H and O–H groups in total. The van der Waals surface area contributed by atoms with Crippen LogP contribution in [-0.4, -0.2) is 28.4 Å². The molecule has 1 aliphatic rings. The maximum Gasteiger partial charge on any atom is 0.254 e. The minimum atomic E-state index is -0.248. The van der Waals surface area contributed by atoms with Gasteiger partial charge in [0.05, 0.1) is 31.1 Å². The summed E-state index contributed by atoms with van der Waals surface area (Å²) in [7, 11) is 0. The van der Waals surface area contributed by atoms with Crippen molar-refractivity contribution in [1.82, 2.24) is 9.78 Å². The molecule has 1 aromatic heterocycles. The number of benzene rings is 1. The van der Waals surface area contributed by atoms with Crippen LogP contribution in [-0.2, 0) is 11.3 Å². The van der Waals surface area contributed by atoms with Gasteiger partial charge in [-0.15, -0.1) is 0 Å². The fourth-order valence-corrected chi connectivity index (χ4v) is 2.44. The largest absolute Gasteiger partial charge is 0.376 e. The molecule has 112 valence electrons. The Morgan fingerprint density at radius 2 is 2.45 bits per heavy atom. The van der Waals surface area contributed by atoms with Crippen LogP contribution in [0.25, 0.3) is 4.85 Å². The molecule has 0 aliphatic carbocycles. The van der Waals surface area contributed by atoms with Gasteiger partial charge in [-0.2, -0.15) is 5.10 Å². The van der Waals surface area contributed by atoms with E-state index in [2.05, 4.69) is 15.3 Å². The van der Waals surface area contributed by atoms with E-state index in [0.29, 0.717) is 23.5 Å². The molecule has 0 radical (unpaired) electrons. The molecular formula is C16H16N4O2. The molecule has 1 saturated heterocycles. The Morgan fingerprint density at radius 1 is 1.55 bits per heavy atom. The summed E-state index contributed by atoms with van der Waals surface area (Å²) in [6.07, 6.45) is 5.75. The van der Waals surface area contributed by atoms with Crippen molar-refractivity contribution in [3.05, 3.63) is 53.6 Å². The summed E-state index contributed by atoms with van der Waals surface area (Å²) in [5.41, 5.74) is 1.54. The van der Waals surface area contributed by atoms with E-state index in [1.54, 1.807) is 41.3 Å². The fraction of sp³-hybridized carbons (Fsp3) is 0.312. The van der Waals surface area contributed by atoms with E-state index in [9.17, 15) is 4.79 Å². The Labute approximate surface area is 128 Å². The SMILES string of the molecule is [C-]#[N+]c1cccc(C(=O)Nc2cnn(CC3CCCO3)c2)c1. The number of aromatic nitrogens is 2. The molecule has 3 rings (SSSR count). The molecule has 2 heterocycles.